The van der Waals surface area contributed by atoms with Gasteiger partial charge >= 0.3 is 5.69 Å². The minimum atomic E-state index is -0.558. The first-order chi connectivity index (χ1) is 11.6. The van der Waals surface area contributed by atoms with Crippen LogP contribution in [0.4, 0.5) is 4.39 Å². The number of aromatic nitrogens is 4. The second kappa shape index (κ2) is 6.54. The molecule has 128 valence electrons. The highest BCUT2D eigenvalue weighted by Crippen LogP contribution is 2.24. The van der Waals surface area contributed by atoms with E-state index in [4.69, 9.17) is 0 Å². The molecule has 0 unspecified atom stereocenters. The van der Waals surface area contributed by atoms with Gasteiger partial charge in [0.25, 0.3) is 5.56 Å². The van der Waals surface area contributed by atoms with Crippen molar-refractivity contribution in [2.75, 3.05) is 6.67 Å². The van der Waals surface area contributed by atoms with Gasteiger partial charge in [-0.15, -0.1) is 0 Å². The van der Waals surface area contributed by atoms with Crippen LogP contribution in [0, 0.1) is 0 Å². The number of imidazole rings is 1. The number of carbonyl (C=O) groups is 1. The number of hydrogen-bond donors (Lipinski definition) is 1. The van der Waals surface area contributed by atoms with Gasteiger partial charge in [0.1, 0.15) is 11.3 Å². The van der Waals surface area contributed by atoms with E-state index in [0.29, 0.717) is 31.6 Å². The molecule has 0 amide bonds. The number of fused-ring (bicyclic) bond motifs is 1. The number of H-pyrrole nitrogens is 1. The van der Waals surface area contributed by atoms with Gasteiger partial charge in [0.2, 0.25) is 0 Å². The molecular formula is C16H19FN4O3. The predicted octanol–water partition coefficient (Wildman–Crippen LogP) is 1.40. The summed E-state index contributed by atoms with van der Waals surface area (Å²) >= 11 is 0. The molecule has 8 heteroatoms. The van der Waals surface area contributed by atoms with Crippen molar-refractivity contribution in [2.45, 2.75) is 45.7 Å². The van der Waals surface area contributed by atoms with Gasteiger partial charge in [0.15, 0.2) is 11.4 Å². The SMILES string of the molecule is CCCn1c(=O)c2[nH]c(C3=CC(=O)CC3)nc2n(CCCF)c1=O. The van der Waals surface area contributed by atoms with Crippen LogP contribution in [0.5, 0.6) is 0 Å². The molecule has 1 N–H and O–H groups in total. The van der Waals surface area contributed by atoms with Crippen molar-refractivity contribution in [3.63, 3.8) is 0 Å². The summed E-state index contributed by atoms with van der Waals surface area (Å²) in [5, 5.41) is 0. The number of rotatable bonds is 6. The zero-order valence-corrected chi connectivity index (χ0v) is 13.5. The Labute approximate surface area is 136 Å². The number of aromatic amines is 1. The van der Waals surface area contributed by atoms with E-state index >= 15 is 0 Å². The summed E-state index contributed by atoms with van der Waals surface area (Å²) in [7, 11) is 0. The first-order valence-electron chi connectivity index (χ1n) is 8.10. The van der Waals surface area contributed by atoms with Crippen LogP contribution in [0.3, 0.4) is 0 Å². The van der Waals surface area contributed by atoms with Crippen molar-refractivity contribution < 1.29 is 9.18 Å². The molecule has 1 aliphatic rings. The molecule has 0 atom stereocenters. The van der Waals surface area contributed by atoms with E-state index in [9.17, 15) is 18.8 Å². The molecule has 0 spiro atoms. The standard InChI is InChI=1S/C16H19FN4O3/c1-2-7-21-15(23)12-14(20(16(21)24)8-3-6-17)19-13(18-12)10-4-5-11(22)9-10/h9H,2-8H2,1H3,(H,18,19). The largest absolute Gasteiger partial charge is 0.332 e. The summed E-state index contributed by atoms with van der Waals surface area (Å²) in [6, 6.07) is 0. The van der Waals surface area contributed by atoms with Crippen molar-refractivity contribution in [1.82, 2.24) is 19.1 Å². The molecule has 0 saturated heterocycles. The maximum atomic E-state index is 12.6. The number of alkyl halides is 1. The van der Waals surface area contributed by atoms with Crippen molar-refractivity contribution >= 4 is 22.5 Å². The Morgan fingerprint density at radius 2 is 2.00 bits per heavy atom. The molecular weight excluding hydrogens is 315 g/mol. The van der Waals surface area contributed by atoms with Crippen LogP contribution in [-0.4, -0.2) is 31.6 Å². The molecule has 0 fully saturated rings. The Bertz CT molecular complexity index is 935. The van der Waals surface area contributed by atoms with E-state index < -0.39 is 17.9 Å². The summed E-state index contributed by atoms with van der Waals surface area (Å²) in [4.78, 5) is 43.9. The van der Waals surface area contributed by atoms with E-state index in [0.717, 1.165) is 10.1 Å². The molecule has 0 saturated carbocycles. The second-order valence-corrected chi connectivity index (χ2v) is 5.85. The van der Waals surface area contributed by atoms with E-state index in [1.165, 1.54) is 10.6 Å². The Hall–Kier alpha value is -2.51. The van der Waals surface area contributed by atoms with E-state index in [2.05, 4.69) is 9.97 Å². The number of hydrogen-bond acceptors (Lipinski definition) is 4. The number of halogens is 1. The van der Waals surface area contributed by atoms with Crippen LogP contribution in [0.2, 0.25) is 0 Å². The quantitative estimate of drug-likeness (QED) is 0.865. The fraction of sp³-hybridized carbons (Fsp3) is 0.500. The van der Waals surface area contributed by atoms with Crippen molar-refractivity contribution in [3.8, 4) is 0 Å². The Balaban J connectivity index is 2.23. The topological polar surface area (TPSA) is 89.8 Å². The number of nitrogens with zero attached hydrogens (tertiary/aromatic N) is 3. The fourth-order valence-electron chi connectivity index (χ4n) is 2.94. The van der Waals surface area contributed by atoms with Gasteiger partial charge in [-0.25, -0.2) is 9.78 Å². The van der Waals surface area contributed by atoms with Crippen molar-refractivity contribution in [2.24, 2.45) is 0 Å². The molecule has 0 aromatic carbocycles. The van der Waals surface area contributed by atoms with E-state index in [1.807, 2.05) is 6.92 Å². The average Bonchev–Trinajstić information content (AvgIpc) is 3.18. The number of aryl methyl sites for hydroxylation is 1. The first-order valence-corrected chi connectivity index (χ1v) is 8.10. The number of allylic oxidation sites excluding steroid dienone is 2. The summed E-state index contributed by atoms with van der Waals surface area (Å²) in [5.74, 6) is 0.444. The Morgan fingerprint density at radius 3 is 2.62 bits per heavy atom. The van der Waals surface area contributed by atoms with Crippen molar-refractivity contribution in [1.29, 1.82) is 0 Å². The van der Waals surface area contributed by atoms with Gasteiger partial charge in [0.05, 0.1) is 6.67 Å². The van der Waals surface area contributed by atoms with Crippen LogP contribution in [0.25, 0.3) is 16.7 Å². The first kappa shape index (κ1) is 16.4. The lowest BCUT2D eigenvalue weighted by molar-refractivity contribution is -0.114. The summed E-state index contributed by atoms with van der Waals surface area (Å²) in [5.41, 5.74) is 0.259. The average molecular weight is 334 g/mol. The molecule has 3 rings (SSSR count). The monoisotopic (exact) mass is 334 g/mol. The minimum Gasteiger partial charge on any atom is -0.332 e. The summed E-state index contributed by atoms with van der Waals surface area (Å²) in [6.07, 6.45) is 3.27. The number of carbonyl (C=O) groups excluding carboxylic acids is 1. The van der Waals surface area contributed by atoms with Gasteiger partial charge in [0, 0.05) is 19.5 Å². The van der Waals surface area contributed by atoms with Crippen LogP contribution < -0.4 is 11.2 Å². The maximum Gasteiger partial charge on any atom is 0.332 e. The lowest BCUT2D eigenvalue weighted by Gasteiger charge is -2.09. The van der Waals surface area contributed by atoms with Crippen LogP contribution >= 0.6 is 0 Å². The molecule has 2 aromatic heterocycles. The van der Waals surface area contributed by atoms with Crippen molar-refractivity contribution in [3.05, 3.63) is 32.7 Å². The third-order valence-corrected chi connectivity index (χ3v) is 4.10. The highest BCUT2D eigenvalue weighted by molar-refractivity contribution is 6.01. The molecule has 1 aliphatic carbocycles. The zero-order chi connectivity index (χ0) is 17.3. The van der Waals surface area contributed by atoms with Gasteiger partial charge in [-0.05, 0) is 30.9 Å². The summed E-state index contributed by atoms with van der Waals surface area (Å²) < 4.78 is 15.1. The number of ketones is 1. The summed E-state index contributed by atoms with van der Waals surface area (Å²) in [6.45, 7) is 1.75. The second-order valence-electron chi connectivity index (χ2n) is 5.85. The maximum absolute atomic E-state index is 12.6. The lowest BCUT2D eigenvalue weighted by atomic mass is 10.2. The van der Waals surface area contributed by atoms with Gasteiger partial charge < -0.3 is 4.98 Å². The normalized spacial score (nSPS) is 14.6. The molecule has 0 aliphatic heterocycles. The smallest absolute Gasteiger partial charge is 0.332 e. The predicted molar refractivity (Wildman–Crippen MR) is 87.7 cm³/mol. The molecule has 7 nitrogen and oxygen atoms in total. The highest BCUT2D eigenvalue weighted by atomic mass is 19.1. The third kappa shape index (κ3) is 2.72. The molecule has 0 bridgehead atoms. The molecule has 24 heavy (non-hydrogen) atoms. The lowest BCUT2D eigenvalue weighted by Crippen LogP contribution is -2.40. The van der Waals surface area contributed by atoms with E-state index in [1.54, 1.807) is 0 Å². The van der Waals surface area contributed by atoms with Gasteiger partial charge in [-0.2, -0.15) is 0 Å². The van der Waals surface area contributed by atoms with Gasteiger partial charge in [-0.3, -0.25) is 23.1 Å². The highest BCUT2D eigenvalue weighted by Gasteiger charge is 2.21. The zero-order valence-electron chi connectivity index (χ0n) is 13.5. The molecule has 0 radical (unpaired) electrons. The van der Waals surface area contributed by atoms with E-state index in [-0.39, 0.29) is 29.9 Å². The third-order valence-electron chi connectivity index (χ3n) is 4.10. The molecule has 2 aromatic rings. The van der Waals surface area contributed by atoms with Gasteiger partial charge in [-0.1, -0.05) is 6.92 Å². The Kier molecular flexibility index (Phi) is 4.46. The Morgan fingerprint density at radius 1 is 1.21 bits per heavy atom. The number of nitrogens with one attached hydrogen (secondary N) is 1. The minimum absolute atomic E-state index is 0.0173. The van der Waals surface area contributed by atoms with Crippen LogP contribution in [0.15, 0.2) is 15.7 Å². The van der Waals surface area contributed by atoms with Crippen LogP contribution in [-0.2, 0) is 17.9 Å². The van der Waals surface area contributed by atoms with Crippen LogP contribution in [0.1, 0.15) is 38.4 Å². The fourth-order valence-corrected chi connectivity index (χ4v) is 2.94. The molecule has 2 heterocycles.